The maximum atomic E-state index is 12.3. The van der Waals surface area contributed by atoms with Crippen molar-refractivity contribution >= 4 is 24.0 Å². The first-order valence-electron chi connectivity index (χ1n) is 15.0. The van der Waals surface area contributed by atoms with Crippen LogP contribution in [-0.4, -0.2) is 53.3 Å². The number of rotatable bonds is 14. The molecule has 8 heteroatoms. The van der Waals surface area contributed by atoms with Gasteiger partial charge in [0.1, 0.15) is 5.75 Å². The van der Waals surface area contributed by atoms with Crippen LogP contribution < -0.4 is 29.6 Å². The molecule has 1 fully saturated rings. The molecule has 0 bridgehead atoms. The van der Waals surface area contributed by atoms with Crippen molar-refractivity contribution in [2.24, 2.45) is 11.8 Å². The second kappa shape index (κ2) is 17.6. The third-order valence-electron chi connectivity index (χ3n) is 7.94. The van der Waals surface area contributed by atoms with Gasteiger partial charge in [-0.1, -0.05) is 42.5 Å². The quantitative estimate of drug-likeness (QED) is 0.197. The number of hydrogen-bond acceptors (Lipinski definition) is 6. The monoisotopic (exact) mass is 602 g/mol. The largest absolute Gasteiger partial charge is 0.496 e. The predicted molar refractivity (Wildman–Crippen MR) is 176 cm³/mol. The summed E-state index contributed by atoms with van der Waals surface area (Å²) in [7, 11) is 6.38. The second-order valence-corrected chi connectivity index (χ2v) is 10.9. The summed E-state index contributed by atoms with van der Waals surface area (Å²) in [6.45, 7) is 5.42. The molecule has 1 aliphatic rings. The minimum absolute atomic E-state index is 0.0900. The Bertz CT molecular complexity index is 1360. The number of carbonyl (C=O) groups is 2. The fourth-order valence-corrected chi connectivity index (χ4v) is 5.23. The average molecular weight is 603 g/mol. The molecular weight excluding hydrogens is 556 g/mol. The van der Waals surface area contributed by atoms with Gasteiger partial charge in [-0.2, -0.15) is 0 Å². The van der Waals surface area contributed by atoms with Crippen LogP contribution in [0.15, 0.2) is 60.7 Å². The third-order valence-corrected chi connectivity index (χ3v) is 7.94. The fourth-order valence-electron chi connectivity index (χ4n) is 5.23. The van der Waals surface area contributed by atoms with E-state index in [4.69, 9.17) is 18.9 Å². The van der Waals surface area contributed by atoms with Crippen molar-refractivity contribution in [2.75, 3.05) is 41.5 Å². The fraction of sp³-hybridized carbons (Fsp3) is 0.389. The Kier molecular flexibility index (Phi) is 13.6. The van der Waals surface area contributed by atoms with Crippen molar-refractivity contribution in [1.29, 1.82) is 0 Å². The van der Waals surface area contributed by atoms with Gasteiger partial charge in [0.25, 0.3) is 0 Å². The summed E-state index contributed by atoms with van der Waals surface area (Å²) >= 11 is 0. The van der Waals surface area contributed by atoms with E-state index in [0.717, 1.165) is 53.7 Å². The summed E-state index contributed by atoms with van der Waals surface area (Å²) in [4.78, 5) is 24.6. The highest BCUT2D eigenvalue weighted by molar-refractivity contribution is 5.88. The maximum Gasteiger partial charge on any atom is 0.243 e. The molecule has 0 saturated heterocycles. The van der Waals surface area contributed by atoms with Crippen LogP contribution in [0.1, 0.15) is 47.9 Å². The Balaban J connectivity index is 1.34. The van der Waals surface area contributed by atoms with Gasteiger partial charge in [-0.15, -0.1) is 0 Å². The van der Waals surface area contributed by atoms with Crippen molar-refractivity contribution in [1.82, 2.24) is 10.6 Å². The zero-order valence-electron chi connectivity index (χ0n) is 26.8. The number of aryl methyl sites for hydroxylation is 1. The van der Waals surface area contributed by atoms with Crippen molar-refractivity contribution < 1.29 is 28.5 Å². The number of allylic oxidation sites excluding steroid dienone is 4. The van der Waals surface area contributed by atoms with Gasteiger partial charge in [-0.05, 0) is 91.8 Å². The van der Waals surface area contributed by atoms with Crippen molar-refractivity contribution in [3.05, 3.63) is 83.0 Å². The number of ether oxygens (including phenoxy) is 4. The number of methoxy groups -OCH3 is 4. The molecule has 2 aromatic rings. The molecule has 8 nitrogen and oxygen atoms in total. The van der Waals surface area contributed by atoms with Gasteiger partial charge < -0.3 is 29.6 Å². The molecule has 236 valence electrons. The summed E-state index contributed by atoms with van der Waals surface area (Å²) in [5, 5.41) is 6.04. The Morgan fingerprint density at radius 1 is 0.659 bits per heavy atom. The molecule has 0 spiro atoms. The summed E-state index contributed by atoms with van der Waals surface area (Å²) in [5.74, 6) is 3.23. The molecule has 0 atom stereocenters. The maximum absolute atomic E-state index is 12.3. The molecule has 0 unspecified atom stereocenters. The molecule has 0 radical (unpaired) electrons. The Labute approximate surface area is 261 Å². The zero-order valence-corrected chi connectivity index (χ0v) is 26.8. The Hall–Kier alpha value is -4.46. The van der Waals surface area contributed by atoms with E-state index < -0.39 is 0 Å². The van der Waals surface area contributed by atoms with Gasteiger partial charge in [0.15, 0.2) is 11.5 Å². The first-order chi connectivity index (χ1) is 21.3. The van der Waals surface area contributed by atoms with Crippen molar-refractivity contribution in [3.63, 3.8) is 0 Å². The molecule has 1 saturated carbocycles. The third kappa shape index (κ3) is 10.4. The summed E-state index contributed by atoms with van der Waals surface area (Å²) in [6, 6.07) is 7.77. The lowest BCUT2D eigenvalue weighted by atomic mass is 9.82. The molecule has 2 N–H and O–H groups in total. The van der Waals surface area contributed by atoms with E-state index in [0.29, 0.717) is 42.2 Å². The van der Waals surface area contributed by atoms with Crippen LogP contribution in [0.5, 0.6) is 23.0 Å². The van der Waals surface area contributed by atoms with Crippen LogP contribution in [0.25, 0.3) is 12.2 Å². The van der Waals surface area contributed by atoms with Gasteiger partial charge in [0.2, 0.25) is 17.6 Å². The smallest absolute Gasteiger partial charge is 0.243 e. The molecule has 1 aliphatic carbocycles. The minimum atomic E-state index is -0.119. The zero-order chi connectivity index (χ0) is 31.9. The number of amides is 2. The molecule has 3 rings (SSSR count). The van der Waals surface area contributed by atoms with E-state index in [-0.39, 0.29) is 11.8 Å². The lowest BCUT2D eigenvalue weighted by Crippen LogP contribution is -2.33. The molecule has 0 aliphatic heterocycles. The predicted octanol–water partition coefficient (Wildman–Crippen LogP) is 6.22. The second-order valence-electron chi connectivity index (χ2n) is 10.9. The minimum Gasteiger partial charge on any atom is -0.496 e. The van der Waals surface area contributed by atoms with Crippen LogP contribution in [0, 0.1) is 25.7 Å². The number of benzene rings is 2. The van der Waals surface area contributed by atoms with Crippen LogP contribution in [-0.2, 0) is 9.59 Å². The van der Waals surface area contributed by atoms with E-state index in [1.165, 1.54) is 6.08 Å². The first kappa shape index (κ1) is 34.0. The van der Waals surface area contributed by atoms with Gasteiger partial charge in [0.05, 0.1) is 28.4 Å². The standard InChI is InChI=1S/C36H46N2O6/c1-25-19-29(20-31(41-3)26(25)2)11-7-9-13-34(39)37-23-27-15-17-28(18-16-27)24-38-35(40)14-10-8-12-30-21-32(42-4)36(44-6)33(22-30)43-5/h7-14,19-22,27-28H,15-18,23-24H2,1-6H3,(H,37,39)(H,38,40)/b11-7+,12-8+,13-9+,14-10+. The summed E-state index contributed by atoms with van der Waals surface area (Å²) < 4.78 is 21.5. The van der Waals surface area contributed by atoms with Gasteiger partial charge in [0, 0.05) is 25.2 Å². The molecule has 2 aromatic carbocycles. The molecule has 44 heavy (non-hydrogen) atoms. The highest BCUT2D eigenvalue weighted by atomic mass is 16.5. The Morgan fingerprint density at radius 3 is 1.52 bits per heavy atom. The molecule has 0 aromatic heterocycles. The van der Waals surface area contributed by atoms with E-state index in [9.17, 15) is 9.59 Å². The highest BCUT2D eigenvalue weighted by Gasteiger charge is 2.21. The molecule has 0 heterocycles. The summed E-state index contributed by atoms with van der Waals surface area (Å²) in [5.41, 5.74) is 4.19. The van der Waals surface area contributed by atoms with Crippen LogP contribution >= 0.6 is 0 Å². The van der Waals surface area contributed by atoms with Gasteiger partial charge >= 0.3 is 0 Å². The molecular formula is C36H46N2O6. The van der Waals surface area contributed by atoms with Crippen molar-refractivity contribution in [2.45, 2.75) is 39.5 Å². The van der Waals surface area contributed by atoms with Gasteiger partial charge in [-0.25, -0.2) is 0 Å². The van der Waals surface area contributed by atoms with E-state index in [1.807, 2.05) is 43.4 Å². The van der Waals surface area contributed by atoms with Crippen LogP contribution in [0.3, 0.4) is 0 Å². The van der Waals surface area contributed by atoms with Gasteiger partial charge in [-0.3, -0.25) is 9.59 Å². The highest BCUT2D eigenvalue weighted by Crippen LogP contribution is 2.38. The lowest BCUT2D eigenvalue weighted by Gasteiger charge is -2.28. The molecule has 2 amide bonds. The Morgan fingerprint density at radius 2 is 1.09 bits per heavy atom. The topological polar surface area (TPSA) is 95.1 Å². The van der Waals surface area contributed by atoms with Crippen LogP contribution in [0.2, 0.25) is 0 Å². The van der Waals surface area contributed by atoms with Crippen LogP contribution in [0.4, 0.5) is 0 Å². The SMILES string of the molecule is COc1cc(/C=C/C=C/C(=O)NCC2CCC(CNC(=O)/C=C/C=C/c3cc(OC)c(OC)c(OC)c3)CC2)cc(C)c1C. The first-order valence-corrected chi connectivity index (χ1v) is 15.0. The van der Waals surface area contributed by atoms with E-state index in [1.54, 1.807) is 52.7 Å². The van der Waals surface area contributed by atoms with E-state index >= 15 is 0 Å². The number of carbonyl (C=O) groups excluding carboxylic acids is 2. The van der Waals surface area contributed by atoms with E-state index in [2.05, 4.69) is 23.6 Å². The normalized spacial score (nSPS) is 17.0. The number of hydrogen-bond donors (Lipinski definition) is 2. The number of nitrogens with one attached hydrogen (secondary N) is 2. The average Bonchev–Trinajstić information content (AvgIpc) is 3.04. The van der Waals surface area contributed by atoms with Crippen molar-refractivity contribution in [3.8, 4) is 23.0 Å². The summed E-state index contributed by atoms with van der Waals surface area (Å²) in [6.07, 6.45) is 18.2. The lowest BCUT2D eigenvalue weighted by molar-refractivity contribution is -0.117.